The quantitative estimate of drug-likeness (QED) is 0.317. The van der Waals surface area contributed by atoms with Crippen LogP contribution in [0.15, 0.2) is 4.99 Å². The highest BCUT2D eigenvalue weighted by Gasteiger charge is 2.32. The molecular formula is C20H39IN4O. The fourth-order valence-corrected chi connectivity index (χ4v) is 4.08. The maximum absolute atomic E-state index is 12.6. The Morgan fingerprint density at radius 3 is 2.58 bits per heavy atom. The number of guanidine groups is 1. The molecule has 1 amide bonds. The SMILES string of the molecule is CCCCC(CC)CNC(=NC)NC1CCN(C(=O)C2CCCC2)C1.I. The fourth-order valence-electron chi connectivity index (χ4n) is 4.08. The number of carbonyl (C=O) groups is 1. The van der Waals surface area contributed by atoms with Crippen LogP contribution in [0.4, 0.5) is 0 Å². The van der Waals surface area contributed by atoms with E-state index >= 15 is 0 Å². The second kappa shape index (κ2) is 12.8. The van der Waals surface area contributed by atoms with Crippen LogP contribution < -0.4 is 10.6 Å². The first kappa shape index (κ1) is 23.5. The summed E-state index contributed by atoms with van der Waals surface area (Å²) in [5, 5.41) is 7.01. The van der Waals surface area contributed by atoms with Crippen molar-refractivity contribution in [3.63, 3.8) is 0 Å². The molecule has 1 aliphatic carbocycles. The van der Waals surface area contributed by atoms with Gasteiger partial charge in [-0.1, -0.05) is 46.0 Å². The Hall–Kier alpha value is -0.530. The van der Waals surface area contributed by atoms with E-state index in [9.17, 15) is 4.79 Å². The first-order valence-corrected chi connectivity index (χ1v) is 10.4. The Bertz CT molecular complexity index is 438. The van der Waals surface area contributed by atoms with Crippen molar-refractivity contribution in [2.75, 3.05) is 26.7 Å². The minimum Gasteiger partial charge on any atom is -0.356 e. The lowest BCUT2D eigenvalue weighted by Crippen LogP contribution is -2.46. The number of aliphatic imine (C=N–C) groups is 1. The van der Waals surface area contributed by atoms with Crippen LogP contribution in [0.5, 0.6) is 0 Å². The molecule has 2 atom stereocenters. The summed E-state index contributed by atoms with van der Waals surface area (Å²) in [4.78, 5) is 19.0. The maximum Gasteiger partial charge on any atom is 0.225 e. The molecule has 0 aromatic rings. The molecule has 1 aliphatic heterocycles. The van der Waals surface area contributed by atoms with Crippen LogP contribution in [-0.2, 0) is 4.79 Å². The van der Waals surface area contributed by atoms with Gasteiger partial charge < -0.3 is 15.5 Å². The first-order valence-electron chi connectivity index (χ1n) is 10.4. The van der Waals surface area contributed by atoms with Gasteiger partial charge in [0.1, 0.15) is 0 Å². The van der Waals surface area contributed by atoms with Gasteiger partial charge in [0, 0.05) is 38.6 Å². The molecule has 152 valence electrons. The Labute approximate surface area is 177 Å². The standard InChI is InChI=1S/C20H38N4O.HI/c1-4-6-9-16(5-2)14-22-20(21-3)23-18-12-13-24(15-18)19(25)17-10-7-8-11-17;/h16-18H,4-15H2,1-3H3,(H2,21,22,23);1H. The minimum atomic E-state index is 0. The van der Waals surface area contributed by atoms with Gasteiger partial charge in [-0.05, 0) is 31.6 Å². The van der Waals surface area contributed by atoms with E-state index in [0.717, 1.165) is 44.9 Å². The average Bonchev–Trinajstić information content (AvgIpc) is 3.32. The molecule has 1 saturated heterocycles. The maximum atomic E-state index is 12.6. The van der Waals surface area contributed by atoms with E-state index in [1.807, 2.05) is 7.05 Å². The zero-order valence-electron chi connectivity index (χ0n) is 16.9. The Kier molecular flexibility index (Phi) is 11.6. The zero-order chi connectivity index (χ0) is 18.1. The molecule has 6 heteroatoms. The predicted molar refractivity (Wildman–Crippen MR) is 120 cm³/mol. The third kappa shape index (κ3) is 7.24. The minimum absolute atomic E-state index is 0. The molecule has 1 saturated carbocycles. The number of amides is 1. The summed E-state index contributed by atoms with van der Waals surface area (Å²) in [6.45, 7) is 7.20. The van der Waals surface area contributed by atoms with Gasteiger partial charge in [-0.3, -0.25) is 9.79 Å². The third-order valence-electron chi connectivity index (χ3n) is 5.87. The molecule has 26 heavy (non-hydrogen) atoms. The van der Waals surface area contributed by atoms with Crippen LogP contribution in [0.25, 0.3) is 0 Å². The molecule has 5 nitrogen and oxygen atoms in total. The summed E-state index contributed by atoms with van der Waals surface area (Å²) in [7, 11) is 1.83. The molecular weight excluding hydrogens is 439 g/mol. The van der Waals surface area contributed by atoms with Crippen LogP contribution >= 0.6 is 24.0 Å². The molecule has 0 spiro atoms. The van der Waals surface area contributed by atoms with Crippen LogP contribution in [0, 0.1) is 11.8 Å². The monoisotopic (exact) mass is 478 g/mol. The lowest BCUT2D eigenvalue weighted by molar-refractivity contribution is -0.134. The number of unbranched alkanes of at least 4 members (excludes halogenated alkanes) is 1. The molecule has 2 N–H and O–H groups in total. The van der Waals surface area contributed by atoms with Crippen molar-refractivity contribution in [1.82, 2.24) is 15.5 Å². The number of nitrogens with one attached hydrogen (secondary N) is 2. The third-order valence-corrected chi connectivity index (χ3v) is 5.87. The van der Waals surface area contributed by atoms with E-state index in [4.69, 9.17) is 0 Å². The van der Waals surface area contributed by atoms with Crippen LogP contribution in [-0.4, -0.2) is 49.5 Å². The summed E-state index contributed by atoms with van der Waals surface area (Å²) in [6, 6.07) is 0.326. The lowest BCUT2D eigenvalue weighted by atomic mass is 9.99. The number of carbonyl (C=O) groups excluding carboxylic acids is 1. The van der Waals surface area contributed by atoms with Crippen molar-refractivity contribution in [3.05, 3.63) is 0 Å². The van der Waals surface area contributed by atoms with Gasteiger partial charge >= 0.3 is 0 Å². The Balaban J connectivity index is 0.00000338. The molecule has 0 aromatic heterocycles. The van der Waals surface area contributed by atoms with Crippen molar-refractivity contribution < 1.29 is 4.79 Å². The van der Waals surface area contributed by atoms with Crippen LogP contribution in [0.1, 0.15) is 71.6 Å². The number of hydrogen-bond donors (Lipinski definition) is 2. The first-order chi connectivity index (χ1) is 12.2. The highest BCUT2D eigenvalue weighted by atomic mass is 127. The van der Waals surface area contributed by atoms with E-state index in [1.165, 1.54) is 38.5 Å². The van der Waals surface area contributed by atoms with Gasteiger partial charge in [-0.15, -0.1) is 24.0 Å². The fraction of sp³-hybridized carbons (Fsp3) is 0.900. The summed E-state index contributed by atoms with van der Waals surface area (Å²) < 4.78 is 0. The Morgan fingerprint density at radius 2 is 1.96 bits per heavy atom. The molecule has 2 aliphatic rings. The van der Waals surface area contributed by atoms with Gasteiger partial charge in [0.2, 0.25) is 5.91 Å². The van der Waals surface area contributed by atoms with Gasteiger partial charge in [-0.2, -0.15) is 0 Å². The number of halogens is 1. The van der Waals surface area contributed by atoms with Gasteiger partial charge in [0.15, 0.2) is 5.96 Å². The average molecular weight is 478 g/mol. The second-order valence-corrected chi connectivity index (χ2v) is 7.77. The van der Waals surface area contributed by atoms with E-state index in [1.54, 1.807) is 0 Å². The predicted octanol–water partition coefficient (Wildman–Crippen LogP) is 3.78. The molecule has 0 radical (unpaired) electrons. The van der Waals surface area contributed by atoms with E-state index < -0.39 is 0 Å². The largest absolute Gasteiger partial charge is 0.356 e. The number of nitrogens with zero attached hydrogens (tertiary/aromatic N) is 2. The van der Waals surface area contributed by atoms with E-state index in [0.29, 0.717) is 23.8 Å². The highest BCUT2D eigenvalue weighted by molar-refractivity contribution is 14.0. The van der Waals surface area contributed by atoms with Crippen molar-refractivity contribution in [2.45, 2.75) is 77.7 Å². The van der Waals surface area contributed by atoms with Crippen molar-refractivity contribution in [2.24, 2.45) is 16.8 Å². The van der Waals surface area contributed by atoms with Gasteiger partial charge in [0.05, 0.1) is 0 Å². The van der Waals surface area contributed by atoms with Crippen LogP contribution in [0.3, 0.4) is 0 Å². The topological polar surface area (TPSA) is 56.7 Å². The number of likely N-dealkylation sites (tertiary alicyclic amines) is 1. The normalized spacial score (nSPS) is 22.2. The highest BCUT2D eigenvalue weighted by Crippen LogP contribution is 2.27. The number of hydrogen-bond acceptors (Lipinski definition) is 2. The molecule has 2 rings (SSSR count). The van der Waals surface area contributed by atoms with Crippen LogP contribution in [0.2, 0.25) is 0 Å². The zero-order valence-corrected chi connectivity index (χ0v) is 19.3. The van der Waals surface area contributed by atoms with Crippen molar-refractivity contribution in [1.29, 1.82) is 0 Å². The molecule has 1 heterocycles. The Morgan fingerprint density at radius 1 is 1.23 bits per heavy atom. The number of rotatable bonds is 8. The second-order valence-electron chi connectivity index (χ2n) is 7.77. The smallest absolute Gasteiger partial charge is 0.225 e. The van der Waals surface area contributed by atoms with Crippen molar-refractivity contribution in [3.8, 4) is 0 Å². The summed E-state index contributed by atoms with van der Waals surface area (Å²) in [5.41, 5.74) is 0. The van der Waals surface area contributed by atoms with Crippen molar-refractivity contribution >= 4 is 35.8 Å². The van der Waals surface area contributed by atoms with E-state index in [2.05, 4.69) is 34.4 Å². The van der Waals surface area contributed by atoms with Gasteiger partial charge in [-0.25, -0.2) is 0 Å². The summed E-state index contributed by atoms with van der Waals surface area (Å²) in [5.74, 6) is 2.27. The lowest BCUT2D eigenvalue weighted by Gasteiger charge is -2.22. The summed E-state index contributed by atoms with van der Waals surface area (Å²) in [6.07, 6.45) is 10.7. The summed E-state index contributed by atoms with van der Waals surface area (Å²) >= 11 is 0. The molecule has 2 unspecified atom stereocenters. The van der Waals surface area contributed by atoms with Gasteiger partial charge in [0.25, 0.3) is 0 Å². The molecule has 2 fully saturated rings. The van der Waals surface area contributed by atoms with E-state index in [-0.39, 0.29) is 24.0 Å². The molecule has 0 bridgehead atoms. The molecule has 0 aromatic carbocycles.